The molecule has 0 aliphatic rings. The number of nitrogens with two attached hydrogens (primary N) is 1. The summed E-state index contributed by atoms with van der Waals surface area (Å²) < 4.78 is 27.7. The Morgan fingerprint density at radius 1 is 1.48 bits per heavy atom. The number of rotatable bonds is 5. The molecule has 0 saturated carbocycles. The molecule has 0 aliphatic carbocycles. The number of nitrogens with zero attached hydrogens (tertiary/aromatic N) is 1. The molecule has 2 aromatic rings. The highest BCUT2D eigenvalue weighted by molar-refractivity contribution is 7.89. The Balaban J connectivity index is 2.38. The van der Waals surface area contributed by atoms with Crippen molar-refractivity contribution in [3.8, 4) is 0 Å². The summed E-state index contributed by atoms with van der Waals surface area (Å²) in [6.45, 7) is 3.71. The molecular weight excluding hydrogens is 330 g/mol. The van der Waals surface area contributed by atoms with Crippen molar-refractivity contribution in [2.24, 2.45) is 5.73 Å². The number of benzene rings is 1. The van der Waals surface area contributed by atoms with Crippen LogP contribution in [0.15, 0.2) is 28.6 Å². The largest absolute Gasteiger partial charge is 0.326 e. The molecule has 1 heterocycles. The smallest absolute Gasteiger partial charge is 0.241 e. The highest BCUT2D eigenvalue weighted by Gasteiger charge is 2.23. The minimum Gasteiger partial charge on any atom is -0.326 e. The number of hydrogen-bond donors (Lipinski definition) is 2. The summed E-state index contributed by atoms with van der Waals surface area (Å²) in [5, 5.41) is 2.86. The molecule has 3 N–H and O–H groups in total. The third-order valence-electron chi connectivity index (χ3n) is 3.10. The van der Waals surface area contributed by atoms with Gasteiger partial charge in [0.1, 0.15) is 5.01 Å². The second kappa shape index (κ2) is 6.41. The van der Waals surface area contributed by atoms with Gasteiger partial charge in [-0.2, -0.15) is 0 Å². The first-order valence-corrected chi connectivity index (χ1v) is 9.00. The summed E-state index contributed by atoms with van der Waals surface area (Å²) in [5.74, 6) is 0. The molecular formula is C13H16ClN3O2S2. The molecule has 0 aliphatic heterocycles. The molecule has 0 amide bonds. The number of nitrogens with one attached hydrogen (secondary N) is 1. The van der Waals surface area contributed by atoms with Crippen LogP contribution in [0.2, 0.25) is 5.02 Å². The average Bonchev–Trinajstić information content (AvgIpc) is 2.94. The van der Waals surface area contributed by atoms with Crippen LogP contribution in [-0.4, -0.2) is 13.4 Å². The zero-order valence-electron chi connectivity index (χ0n) is 11.6. The van der Waals surface area contributed by atoms with Gasteiger partial charge in [-0.25, -0.2) is 18.1 Å². The van der Waals surface area contributed by atoms with Gasteiger partial charge >= 0.3 is 0 Å². The van der Waals surface area contributed by atoms with E-state index in [1.165, 1.54) is 17.4 Å². The van der Waals surface area contributed by atoms with Gasteiger partial charge in [-0.3, -0.25) is 0 Å². The molecule has 114 valence electrons. The zero-order valence-corrected chi connectivity index (χ0v) is 14.0. The molecule has 0 fully saturated rings. The van der Waals surface area contributed by atoms with Crippen molar-refractivity contribution in [3.05, 3.63) is 44.9 Å². The molecule has 0 saturated heterocycles. The molecule has 1 aromatic carbocycles. The zero-order chi connectivity index (χ0) is 15.6. The van der Waals surface area contributed by atoms with E-state index >= 15 is 0 Å². The van der Waals surface area contributed by atoms with Crippen LogP contribution in [0.1, 0.15) is 29.1 Å². The summed E-state index contributed by atoms with van der Waals surface area (Å²) in [6, 6.07) is 2.71. The molecule has 8 heteroatoms. The van der Waals surface area contributed by atoms with E-state index in [2.05, 4.69) is 9.71 Å². The van der Waals surface area contributed by atoms with Crippen LogP contribution in [0.4, 0.5) is 0 Å². The van der Waals surface area contributed by atoms with Gasteiger partial charge in [-0.1, -0.05) is 11.6 Å². The Labute approximate surface area is 133 Å². The Hall–Kier alpha value is -0.990. The highest BCUT2D eigenvalue weighted by atomic mass is 35.5. The second-order valence-electron chi connectivity index (χ2n) is 4.61. The molecule has 5 nitrogen and oxygen atoms in total. The summed E-state index contributed by atoms with van der Waals surface area (Å²) in [7, 11) is -3.69. The van der Waals surface area contributed by atoms with Crippen molar-refractivity contribution in [3.63, 3.8) is 0 Å². The van der Waals surface area contributed by atoms with Gasteiger partial charge in [0.05, 0.1) is 10.9 Å². The lowest BCUT2D eigenvalue weighted by molar-refractivity contribution is 0.565. The maximum Gasteiger partial charge on any atom is 0.241 e. The van der Waals surface area contributed by atoms with Crippen LogP contribution in [-0.2, 0) is 16.6 Å². The third kappa shape index (κ3) is 3.61. The van der Waals surface area contributed by atoms with E-state index in [4.69, 9.17) is 17.3 Å². The van der Waals surface area contributed by atoms with Gasteiger partial charge in [0.2, 0.25) is 10.0 Å². The van der Waals surface area contributed by atoms with E-state index in [0.717, 1.165) is 0 Å². The summed E-state index contributed by atoms with van der Waals surface area (Å²) in [6.07, 6.45) is 1.64. The Morgan fingerprint density at radius 2 is 2.19 bits per heavy atom. The predicted molar refractivity (Wildman–Crippen MR) is 84.9 cm³/mol. The van der Waals surface area contributed by atoms with E-state index in [-0.39, 0.29) is 11.4 Å². The summed E-state index contributed by atoms with van der Waals surface area (Å²) in [5.41, 5.74) is 6.95. The van der Waals surface area contributed by atoms with E-state index in [1.807, 2.05) is 0 Å². The number of halogens is 1. The van der Waals surface area contributed by atoms with Crippen LogP contribution < -0.4 is 10.5 Å². The Morgan fingerprint density at radius 3 is 2.76 bits per heavy atom. The topological polar surface area (TPSA) is 85.1 Å². The van der Waals surface area contributed by atoms with Crippen molar-refractivity contribution in [1.29, 1.82) is 0 Å². The average molecular weight is 346 g/mol. The normalized spacial score (nSPS) is 13.3. The summed E-state index contributed by atoms with van der Waals surface area (Å²) in [4.78, 5) is 4.26. The fraction of sp³-hybridized carbons (Fsp3) is 0.308. The fourth-order valence-electron chi connectivity index (χ4n) is 1.99. The first-order chi connectivity index (χ1) is 9.85. The summed E-state index contributed by atoms with van der Waals surface area (Å²) >= 11 is 7.38. The molecule has 0 spiro atoms. The Bertz CT molecular complexity index is 730. The van der Waals surface area contributed by atoms with Crippen molar-refractivity contribution < 1.29 is 8.42 Å². The minimum atomic E-state index is -3.69. The predicted octanol–water partition coefficient (Wildman–Crippen LogP) is 2.60. The number of thiazole rings is 1. The van der Waals surface area contributed by atoms with Gasteiger partial charge in [-0.15, -0.1) is 11.3 Å². The Kier molecular flexibility index (Phi) is 5.00. The molecule has 1 aromatic heterocycles. The second-order valence-corrected chi connectivity index (χ2v) is 7.65. The number of sulfonamides is 1. The molecule has 0 radical (unpaired) electrons. The van der Waals surface area contributed by atoms with Gasteiger partial charge in [-0.05, 0) is 37.1 Å². The van der Waals surface area contributed by atoms with Crippen LogP contribution in [0, 0.1) is 6.92 Å². The monoisotopic (exact) mass is 345 g/mol. The van der Waals surface area contributed by atoms with Gasteiger partial charge in [0.25, 0.3) is 0 Å². The van der Waals surface area contributed by atoms with Gasteiger partial charge in [0, 0.05) is 23.1 Å². The fourth-order valence-corrected chi connectivity index (χ4v) is 4.54. The van der Waals surface area contributed by atoms with Gasteiger partial charge in [0.15, 0.2) is 0 Å². The lowest BCUT2D eigenvalue weighted by Gasteiger charge is -2.15. The lowest BCUT2D eigenvalue weighted by atomic mass is 10.1. The molecule has 0 bridgehead atoms. The first kappa shape index (κ1) is 16.4. The molecule has 21 heavy (non-hydrogen) atoms. The van der Waals surface area contributed by atoms with Crippen LogP contribution in [0.25, 0.3) is 0 Å². The lowest BCUT2D eigenvalue weighted by Crippen LogP contribution is -2.27. The third-order valence-corrected chi connectivity index (χ3v) is 5.94. The quantitative estimate of drug-likeness (QED) is 0.872. The minimum absolute atomic E-state index is 0.152. The van der Waals surface area contributed by atoms with Crippen LogP contribution >= 0.6 is 22.9 Å². The van der Waals surface area contributed by atoms with E-state index < -0.39 is 16.1 Å². The van der Waals surface area contributed by atoms with Crippen molar-refractivity contribution in [2.45, 2.75) is 31.3 Å². The molecule has 2 rings (SSSR count). The standard InChI is InChI=1S/C13H16ClN3O2S2/c1-8-10(7-15)5-11(14)6-12(8)21(18,19)17-9(2)13-16-3-4-20-13/h3-6,9,17H,7,15H2,1-2H3. The maximum atomic E-state index is 12.5. The van der Waals surface area contributed by atoms with Crippen LogP contribution in [0.5, 0.6) is 0 Å². The number of hydrogen-bond acceptors (Lipinski definition) is 5. The maximum absolute atomic E-state index is 12.5. The SMILES string of the molecule is Cc1c(CN)cc(Cl)cc1S(=O)(=O)NC(C)c1nccs1. The molecule has 1 unspecified atom stereocenters. The van der Waals surface area contributed by atoms with Crippen molar-refractivity contribution in [1.82, 2.24) is 9.71 Å². The van der Waals surface area contributed by atoms with E-state index in [1.54, 1.807) is 31.5 Å². The molecule has 1 atom stereocenters. The van der Waals surface area contributed by atoms with Gasteiger partial charge < -0.3 is 5.73 Å². The van der Waals surface area contributed by atoms with Crippen molar-refractivity contribution >= 4 is 33.0 Å². The van der Waals surface area contributed by atoms with E-state index in [0.29, 0.717) is 21.2 Å². The highest BCUT2D eigenvalue weighted by Crippen LogP contribution is 2.26. The van der Waals surface area contributed by atoms with Crippen molar-refractivity contribution in [2.75, 3.05) is 0 Å². The number of aromatic nitrogens is 1. The van der Waals surface area contributed by atoms with E-state index in [9.17, 15) is 8.42 Å². The first-order valence-electron chi connectivity index (χ1n) is 6.26. The van der Waals surface area contributed by atoms with Crippen LogP contribution in [0.3, 0.4) is 0 Å².